The molecular weight excluding hydrogens is 444 g/mol. The standard InChI is InChI=1S/C16H20BrF3N2O.2ClH/c1-2-3-4-13(22-9-7-21-8-10-22)14-11(16(18,19)20)5-6-12(17)15(14)23;;/h2,5-6,13,21,23H,1,3-4,7-10H2;2*1H/t13-;;/m0../s1. The van der Waals surface area contributed by atoms with Crippen molar-refractivity contribution in [2.45, 2.75) is 25.1 Å². The van der Waals surface area contributed by atoms with Gasteiger partial charge in [-0.1, -0.05) is 6.08 Å². The second-order valence-corrected chi connectivity index (χ2v) is 6.38. The fourth-order valence-electron chi connectivity index (χ4n) is 2.94. The highest BCUT2D eigenvalue weighted by atomic mass is 79.9. The lowest BCUT2D eigenvalue weighted by Crippen LogP contribution is -2.45. The van der Waals surface area contributed by atoms with E-state index in [2.05, 4.69) is 27.8 Å². The number of nitrogens with zero attached hydrogens (tertiary/aromatic N) is 1. The van der Waals surface area contributed by atoms with Gasteiger partial charge in [0.1, 0.15) is 5.75 Å². The number of hydrogen-bond donors (Lipinski definition) is 2. The first-order valence-electron chi connectivity index (χ1n) is 7.50. The van der Waals surface area contributed by atoms with Crippen LogP contribution in [0.2, 0.25) is 0 Å². The molecule has 1 aliphatic heterocycles. The Morgan fingerprint density at radius 3 is 2.40 bits per heavy atom. The molecule has 3 nitrogen and oxygen atoms in total. The van der Waals surface area contributed by atoms with Crippen molar-refractivity contribution in [1.29, 1.82) is 0 Å². The number of benzene rings is 1. The zero-order chi connectivity index (χ0) is 17.0. The number of piperazine rings is 1. The maximum Gasteiger partial charge on any atom is 0.416 e. The maximum atomic E-state index is 13.4. The molecular formula is C16H22BrCl2F3N2O. The Kier molecular flexibility index (Phi) is 10.4. The minimum atomic E-state index is -4.51. The van der Waals surface area contributed by atoms with E-state index in [0.29, 0.717) is 25.9 Å². The fraction of sp³-hybridized carbons (Fsp3) is 0.500. The van der Waals surface area contributed by atoms with Gasteiger partial charge in [-0.05, 0) is 40.9 Å². The van der Waals surface area contributed by atoms with Gasteiger partial charge in [0.05, 0.1) is 10.0 Å². The molecule has 0 bridgehead atoms. The average molecular weight is 466 g/mol. The molecule has 0 aromatic heterocycles. The third kappa shape index (κ3) is 6.03. The van der Waals surface area contributed by atoms with Gasteiger partial charge in [-0.2, -0.15) is 13.2 Å². The number of aromatic hydroxyl groups is 1. The third-order valence-electron chi connectivity index (χ3n) is 4.04. The van der Waals surface area contributed by atoms with Gasteiger partial charge in [0.2, 0.25) is 0 Å². The van der Waals surface area contributed by atoms with E-state index in [1.54, 1.807) is 6.08 Å². The summed E-state index contributed by atoms with van der Waals surface area (Å²) in [5.41, 5.74) is -0.818. The molecule has 1 saturated heterocycles. The summed E-state index contributed by atoms with van der Waals surface area (Å²) in [6, 6.07) is 1.77. The molecule has 25 heavy (non-hydrogen) atoms. The van der Waals surface area contributed by atoms with E-state index in [-0.39, 0.29) is 40.6 Å². The predicted octanol–water partition coefficient (Wildman–Crippen LogP) is 4.93. The number of alkyl halides is 3. The zero-order valence-electron chi connectivity index (χ0n) is 13.5. The fourth-order valence-corrected chi connectivity index (χ4v) is 3.29. The Bertz CT molecular complexity index is 567. The average Bonchev–Trinajstić information content (AvgIpc) is 2.51. The van der Waals surface area contributed by atoms with Crippen LogP contribution in [0.5, 0.6) is 5.75 Å². The van der Waals surface area contributed by atoms with Crippen LogP contribution in [-0.2, 0) is 6.18 Å². The molecule has 1 atom stereocenters. The van der Waals surface area contributed by atoms with Crippen molar-refractivity contribution in [3.05, 3.63) is 40.4 Å². The van der Waals surface area contributed by atoms with Crippen LogP contribution >= 0.6 is 40.7 Å². The Balaban J connectivity index is 0.00000288. The van der Waals surface area contributed by atoms with E-state index in [9.17, 15) is 18.3 Å². The normalized spacial score (nSPS) is 16.5. The largest absolute Gasteiger partial charge is 0.506 e. The van der Waals surface area contributed by atoms with Crippen LogP contribution in [-0.4, -0.2) is 36.2 Å². The number of halogens is 6. The predicted molar refractivity (Wildman–Crippen MR) is 102 cm³/mol. The lowest BCUT2D eigenvalue weighted by Gasteiger charge is -2.36. The van der Waals surface area contributed by atoms with Crippen molar-refractivity contribution in [1.82, 2.24) is 10.2 Å². The maximum absolute atomic E-state index is 13.4. The smallest absolute Gasteiger partial charge is 0.416 e. The zero-order valence-corrected chi connectivity index (χ0v) is 16.7. The van der Waals surface area contributed by atoms with Crippen molar-refractivity contribution in [3.63, 3.8) is 0 Å². The summed E-state index contributed by atoms with van der Waals surface area (Å²) in [5, 5.41) is 13.5. The Morgan fingerprint density at radius 1 is 1.28 bits per heavy atom. The van der Waals surface area contributed by atoms with Crippen molar-refractivity contribution in [3.8, 4) is 5.75 Å². The molecule has 9 heteroatoms. The summed E-state index contributed by atoms with van der Waals surface area (Å²) in [6.45, 7) is 6.39. The molecule has 2 N–H and O–H groups in total. The molecule has 1 heterocycles. The summed E-state index contributed by atoms with van der Waals surface area (Å²) in [4.78, 5) is 2.00. The van der Waals surface area contributed by atoms with Crippen molar-refractivity contribution in [2.75, 3.05) is 26.2 Å². The highest BCUT2D eigenvalue weighted by Crippen LogP contribution is 2.45. The number of phenols is 1. The van der Waals surface area contributed by atoms with Crippen LogP contribution in [0.15, 0.2) is 29.3 Å². The molecule has 0 spiro atoms. The summed E-state index contributed by atoms with van der Waals surface area (Å²) in [6.07, 6.45) is -1.75. The topological polar surface area (TPSA) is 35.5 Å². The van der Waals surface area contributed by atoms with E-state index in [0.717, 1.165) is 19.2 Å². The Labute approximate surface area is 166 Å². The van der Waals surface area contributed by atoms with Crippen molar-refractivity contribution in [2.24, 2.45) is 0 Å². The van der Waals surface area contributed by atoms with Gasteiger partial charge in [-0.3, -0.25) is 4.90 Å². The van der Waals surface area contributed by atoms with Gasteiger partial charge in [0, 0.05) is 37.8 Å². The van der Waals surface area contributed by atoms with E-state index >= 15 is 0 Å². The number of nitrogens with one attached hydrogen (secondary N) is 1. The first-order valence-corrected chi connectivity index (χ1v) is 8.29. The van der Waals surface area contributed by atoms with Crippen molar-refractivity contribution >= 4 is 40.7 Å². The number of rotatable bonds is 5. The third-order valence-corrected chi connectivity index (χ3v) is 4.68. The van der Waals surface area contributed by atoms with Crippen LogP contribution in [0.4, 0.5) is 13.2 Å². The lowest BCUT2D eigenvalue weighted by atomic mass is 9.93. The molecule has 0 aliphatic carbocycles. The SMILES string of the molecule is C=CCC[C@@H](c1c(C(F)(F)F)ccc(Br)c1O)N1CCNCC1.Cl.Cl. The molecule has 1 aliphatic rings. The summed E-state index contributed by atoms with van der Waals surface area (Å²) >= 11 is 3.14. The highest BCUT2D eigenvalue weighted by Gasteiger charge is 2.38. The van der Waals surface area contributed by atoms with Crippen LogP contribution in [0, 0.1) is 0 Å². The van der Waals surface area contributed by atoms with E-state index < -0.39 is 17.8 Å². The van der Waals surface area contributed by atoms with E-state index in [1.807, 2.05) is 4.90 Å². The molecule has 2 rings (SSSR count). The summed E-state index contributed by atoms with van der Waals surface area (Å²) in [5.74, 6) is -0.326. The van der Waals surface area contributed by atoms with E-state index in [4.69, 9.17) is 0 Å². The summed E-state index contributed by atoms with van der Waals surface area (Å²) in [7, 11) is 0. The van der Waals surface area contributed by atoms with Gasteiger partial charge in [-0.15, -0.1) is 31.4 Å². The van der Waals surface area contributed by atoms with Gasteiger partial charge in [0.15, 0.2) is 0 Å². The van der Waals surface area contributed by atoms with Crippen LogP contribution in [0.3, 0.4) is 0 Å². The Hall–Kier alpha value is -0.470. The minimum Gasteiger partial charge on any atom is -0.506 e. The van der Waals surface area contributed by atoms with Gasteiger partial charge < -0.3 is 10.4 Å². The highest BCUT2D eigenvalue weighted by molar-refractivity contribution is 9.10. The summed E-state index contributed by atoms with van der Waals surface area (Å²) < 4.78 is 40.6. The number of hydrogen-bond acceptors (Lipinski definition) is 3. The lowest BCUT2D eigenvalue weighted by molar-refractivity contribution is -0.139. The molecule has 1 aromatic carbocycles. The second-order valence-electron chi connectivity index (χ2n) is 5.52. The molecule has 0 unspecified atom stereocenters. The second kappa shape index (κ2) is 10.6. The van der Waals surface area contributed by atoms with Gasteiger partial charge in [0.25, 0.3) is 0 Å². The molecule has 144 valence electrons. The quantitative estimate of drug-likeness (QED) is 0.605. The monoisotopic (exact) mass is 464 g/mol. The minimum absolute atomic E-state index is 0. The van der Waals surface area contributed by atoms with Gasteiger partial charge in [-0.25, -0.2) is 0 Å². The molecule has 0 saturated carbocycles. The Morgan fingerprint density at radius 2 is 1.88 bits per heavy atom. The van der Waals surface area contributed by atoms with Crippen LogP contribution in [0.25, 0.3) is 0 Å². The van der Waals surface area contributed by atoms with Crippen LogP contribution in [0.1, 0.15) is 30.0 Å². The van der Waals surface area contributed by atoms with E-state index in [1.165, 1.54) is 6.07 Å². The first-order chi connectivity index (χ1) is 10.9. The molecule has 1 fully saturated rings. The van der Waals surface area contributed by atoms with Crippen LogP contribution < -0.4 is 5.32 Å². The molecule has 0 radical (unpaired) electrons. The molecule has 1 aromatic rings. The first kappa shape index (κ1) is 24.5. The number of allylic oxidation sites excluding steroid dienone is 1. The molecule has 0 amide bonds. The van der Waals surface area contributed by atoms with Crippen molar-refractivity contribution < 1.29 is 18.3 Å². The number of phenolic OH excluding ortho intramolecular Hbond substituents is 1. The van der Waals surface area contributed by atoms with Gasteiger partial charge >= 0.3 is 6.18 Å².